The van der Waals surface area contributed by atoms with Crippen molar-refractivity contribution in [2.75, 3.05) is 0 Å². The molecule has 168 valence electrons. The Morgan fingerprint density at radius 3 is 1.40 bits per heavy atom. The van der Waals surface area contributed by atoms with Gasteiger partial charge >= 0.3 is 0 Å². The summed E-state index contributed by atoms with van der Waals surface area (Å²) in [6.45, 7) is 16.7. The van der Waals surface area contributed by atoms with E-state index in [9.17, 15) is 0 Å². The maximum absolute atomic E-state index is 3.69. The molecule has 1 aromatic carbocycles. The van der Waals surface area contributed by atoms with Crippen molar-refractivity contribution in [1.82, 2.24) is 0 Å². The lowest BCUT2D eigenvalue weighted by atomic mass is 10.0. The fraction of sp³-hybridized carbons (Fsp3) is 0.467. The third-order valence-corrected chi connectivity index (χ3v) is 4.50. The van der Waals surface area contributed by atoms with Crippen molar-refractivity contribution in [2.45, 2.75) is 86.5 Å². The van der Waals surface area contributed by atoms with Crippen LogP contribution in [-0.4, -0.2) is 0 Å². The molecule has 0 unspecified atom stereocenters. The first kappa shape index (κ1) is 30.1. The number of hydrogen-bond acceptors (Lipinski definition) is 0. The van der Waals surface area contributed by atoms with Crippen LogP contribution in [0.5, 0.6) is 0 Å². The highest BCUT2D eigenvalue weighted by Crippen LogP contribution is 2.10. The summed E-state index contributed by atoms with van der Waals surface area (Å²) in [5, 5.41) is 0. The first-order valence-corrected chi connectivity index (χ1v) is 12.0. The van der Waals surface area contributed by atoms with Gasteiger partial charge in [0.2, 0.25) is 0 Å². The highest BCUT2D eigenvalue weighted by atomic mass is 14.0. The van der Waals surface area contributed by atoms with E-state index in [1.807, 2.05) is 19.9 Å². The Hall–Kier alpha value is -2.08. The number of allylic oxidation sites excluding steroid dienone is 8. The van der Waals surface area contributed by atoms with Crippen LogP contribution in [0.2, 0.25) is 0 Å². The second-order valence-electron chi connectivity index (χ2n) is 7.17. The molecule has 0 amide bonds. The van der Waals surface area contributed by atoms with Gasteiger partial charge in [0.1, 0.15) is 0 Å². The Morgan fingerprint density at radius 2 is 1.17 bits per heavy atom. The van der Waals surface area contributed by atoms with E-state index in [0.717, 1.165) is 25.2 Å². The highest BCUT2D eigenvalue weighted by molar-refractivity contribution is 5.47. The van der Waals surface area contributed by atoms with E-state index in [0.29, 0.717) is 0 Å². The van der Waals surface area contributed by atoms with E-state index >= 15 is 0 Å². The standard InChI is InChI=1S/C10H12.C8H18.2C5H6.C2H6/c1-3-9-5-7-10(4-2)8-6-9;1-4-6-8(3)7-5-2;2*1-2-4-5-3-1;1-2/h3,5-8H,1,4H2,2H3;8H,4-7H2,1-3H3;2*1-4H,5H2;1-2H3. The van der Waals surface area contributed by atoms with Gasteiger partial charge in [0.05, 0.1) is 0 Å². The Balaban J connectivity index is 0. The van der Waals surface area contributed by atoms with Gasteiger partial charge in [0.25, 0.3) is 0 Å². The Kier molecular flexibility index (Phi) is 25.1. The van der Waals surface area contributed by atoms with Crippen LogP contribution in [0, 0.1) is 5.92 Å². The SMILES string of the molecule is C1=CCC=C1.C1=CCC=C1.C=Cc1ccc(CC)cc1.CC.CCCC(C)CCC. The molecule has 0 nitrogen and oxygen atoms in total. The summed E-state index contributed by atoms with van der Waals surface area (Å²) < 4.78 is 0. The van der Waals surface area contributed by atoms with Gasteiger partial charge in [0, 0.05) is 0 Å². The van der Waals surface area contributed by atoms with Crippen LogP contribution in [0.4, 0.5) is 0 Å². The van der Waals surface area contributed by atoms with Crippen molar-refractivity contribution < 1.29 is 0 Å². The van der Waals surface area contributed by atoms with E-state index < -0.39 is 0 Å². The molecule has 0 atom stereocenters. The summed E-state index contributed by atoms with van der Waals surface area (Å²) >= 11 is 0. The molecule has 0 heteroatoms. The summed E-state index contributed by atoms with van der Waals surface area (Å²) in [4.78, 5) is 0. The fourth-order valence-electron chi connectivity index (χ4n) is 2.81. The molecule has 2 aliphatic carbocycles. The van der Waals surface area contributed by atoms with Crippen molar-refractivity contribution >= 4 is 6.08 Å². The summed E-state index contributed by atoms with van der Waals surface area (Å²) in [6, 6.07) is 8.45. The van der Waals surface area contributed by atoms with E-state index in [1.165, 1.54) is 36.8 Å². The summed E-state index contributed by atoms with van der Waals surface area (Å²) in [5.41, 5.74) is 2.57. The normalized spacial score (nSPS) is 12.0. The minimum Gasteiger partial charge on any atom is -0.0985 e. The molecule has 0 aromatic heterocycles. The molecule has 0 saturated carbocycles. The van der Waals surface area contributed by atoms with Crippen molar-refractivity contribution in [3.63, 3.8) is 0 Å². The molecular weight excluding hydrogens is 360 g/mol. The first-order chi connectivity index (χ1) is 14.7. The van der Waals surface area contributed by atoms with Crippen LogP contribution >= 0.6 is 0 Å². The molecule has 0 spiro atoms. The second kappa shape index (κ2) is 25.0. The molecule has 0 heterocycles. The molecule has 0 bridgehead atoms. The monoisotopic (exact) mass is 408 g/mol. The average molecular weight is 409 g/mol. The second-order valence-corrected chi connectivity index (χ2v) is 7.17. The molecular formula is C30H48. The number of hydrogen-bond donors (Lipinski definition) is 0. The van der Waals surface area contributed by atoms with Crippen molar-refractivity contribution in [3.05, 3.63) is 90.6 Å². The van der Waals surface area contributed by atoms with Gasteiger partial charge < -0.3 is 0 Å². The Morgan fingerprint density at radius 1 is 0.767 bits per heavy atom. The third kappa shape index (κ3) is 20.6. The van der Waals surface area contributed by atoms with Gasteiger partial charge in [-0.15, -0.1) is 0 Å². The van der Waals surface area contributed by atoms with Crippen LogP contribution in [0.15, 0.2) is 79.5 Å². The van der Waals surface area contributed by atoms with Crippen molar-refractivity contribution in [1.29, 1.82) is 0 Å². The largest absolute Gasteiger partial charge is 0.0985 e. The molecule has 0 aliphatic heterocycles. The van der Waals surface area contributed by atoms with Crippen LogP contribution in [0.25, 0.3) is 6.08 Å². The Labute approximate surface area is 189 Å². The zero-order chi connectivity index (χ0) is 22.9. The van der Waals surface area contributed by atoms with Crippen LogP contribution in [0.1, 0.15) is 91.2 Å². The van der Waals surface area contributed by atoms with E-state index in [1.54, 1.807) is 0 Å². The molecule has 0 fully saturated rings. The smallest absolute Gasteiger partial charge is 0.0163 e. The van der Waals surface area contributed by atoms with E-state index in [2.05, 4.69) is 107 Å². The molecule has 0 N–H and O–H groups in total. The lowest BCUT2D eigenvalue weighted by molar-refractivity contribution is 0.480. The van der Waals surface area contributed by atoms with Crippen LogP contribution in [-0.2, 0) is 6.42 Å². The van der Waals surface area contributed by atoms with Crippen molar-refractivity contribution in [3.8, 4) is 0 Å². The van der Waals surface area contributed by atoms with Gasteiger partial charge in [0.15, 0.2) is 0 Å². The average Bonchev–Trinajstić information content (AvgIpc) is 3.55. The van der Waals surface area contributed by atoms with Gasteiger partial charge in [-0.1, -0.05) is 153 Å². The number of benzene rings is 1. The predicted molar refractivity (Wildman–Crippen MR) is 142 cm³/mol. The van der Waals surface area contributed by atoms with Gasteiger partial charge in [-0.3, -0.25) is 0 Å². The summed E-state index contributed by atoms with van der Waals surface area (Å²) in [5.74, 6) is 0.963. The van der Waals surface area contributed by atoms with Crippen LogP contribution < -0.4 is 0 Å². The lowest BCUT2D eigenvalue weighted by Crippen LogP contribution is -1.91. The quantitative estimate of drug-likeness (QED) is 0.439. The minimum atomic E-state index is 0.963. The summed E-state index contributed by atoms with van der Waals surface area (Å²) in [7, 11) is 0. The fourth-order valence-corrected chi connectivity index (χ4v) is 2.81. The molecule has 3 rings (SSSR count). The molecule has 0 radical (unpaired) electrons. The molecule has 0 saturated heterocycles. The van der Waals surface area contributed by atoms with E-state index in [4.69, 9.17) is 0 Å². The molecule has 30 heavy (non-hydrogen) atoms. The summed E-state index contributed by atoms with van der Waals surface area (Å²) in [6.07, 6.45) is 27.5. The van der Waals surface area contributed by atoms with Crippen molar-refractivity contribution in [2.24, 2.45) is 5.92 Å². The highest BCUT2D eigenvalue weighted by Gasteiger charge is 1.95. The zero-order valence-corrected chi connectivity index (χ0v) is 20.7. The molecule has 1 aromatic rings. The van der Waals surface area contributed by atoms with Gasteiger partial charge in [-0.2, -0.15) is 0 Å². The number of rotatable bonds is 6. The van der Waals surface area contributed by atoms with Gasteiger partial charge in [-0.25, -0.2) is 0 Å². The van der Waals surface area contributed by atoms with E-state index in [-0.39, 0.29) is 0 Å². The number of aryl methyl sites for hydroxylation is 1. The molecule has 2 aliphatic rings. The third-order valence-electron chi connectivity index (χ3n) is 4.50. The lowest BCUT2D eigenvalue weighted by Gasteiger charge is -2.05. The van der Waals surface area contributed by atoms with Crippen LogP contribution in [0.3, 0.4) is 0 Å². The Bertz CT molecular complexity index is 533. The van der Waals surface area contributed by atoms with Gasteiger partial charge in [-0.05, 0) is 36.3 Å². The zero-order valence-electron chi connectivity index (χ0n) is 20.7. The minimum absolute atomic E-state index is 0.963. The maximum Gasteiger partial charge on any atom is -0.0163 e. The first-order valence-electron chi connectivity index (χ1n) is 12.0. The topological polar surface area (TPSA) is 0 Å². The maximum atomic E-state index is 3.69. The predicted octanol–water partition coefficient (Wildman–Crippen LogP) is 10.1.